The first-order valence-electron chi connectivity index (χ1n) is 2.33. The molecule has 0 aromatic carbocycles. The molecule has 44 valence electrons. The summed E-state index contributed by atoms with van der Waals surface area (Å²) in [6.45, 7) is 3.83. The molecule has 1 heterocycles. The number of aromatic nitrogens is 3. The molecule has 1 aromatic heterocycles. The molecule has 0 bridgehead atoms. The molecule has 0 fully saturated rings. The molecule has 8 heavy (non-hydrogen) atoms. The summed E-state index contributed by atoms with van der Waals surface area (Å²) < 4.78 is 1.47. The second-order valence-electron chi connectivity index (χ2n) is 1.68. The van der Waals surface area contributed by atoms with Crippen LogP contribution in [-0.4, -0.2) is 10.3 Å². The van der Waals surface area contributed by atoms with E-state index in [1.807, 2.05) is 13.8 Å². The fourth-order valence-electron chi connectivity index (χ4n) is 0.423. The zero-order valence-electron chi connectivity index (χ0n) is 4.80. The summed E-state index contributed by atoms with van der Waals surface area (Å²) in [5.41, 5.74) is 1.96. The molecule has 0 saturated heterocycles. The van der Waals surface area contributed by atoms with Crippen LogP contribution in [0, 0.1) is 13.8 Å². The number of nitrogens with zero attached hydrogens (tertiary/aromatic N) is 2. The monoisotopic (exact) mass is 129 g/mol. The molecule has 0 saturated carbocycles. The van der Waals surface area contributed by atoms with Crippen LogP contribution in [-0.2, 0) is 12.8 Å². The summed E-state index contributed by atoms with van der Waals surface area (Å²) in [7, 11) is 0. The minimum absolute atomic E-state index is 0.958. The summed E-state index contributed by atoms with van der Waals surface area (Å²) in [6, 6.07) is 0. The van der Waals surface area contributed by atoms with Gasteiger partial charge in [0.05, 0.1) is 0 Å². The van der Waals surface area contributed by atoms with E-state index in [0.29, 0.717) is 0 Å². The van der Waals surface area contributed by atoms with E-state index in [1.165, 1.54) is 4.09 Å². The van der Waals surface area contributed by atoms with E-state index >= 15 is 0 Å². The second-order valence-corrected chi connectivity index (χ2v) is 2.04. The lowest BCUT2D eigenvalue weighted by atomic mass is 10.4. The molecule has 0 aliphatic rings. The van der Waals surface area contributed by atoms with Crippen LogP contribution >= 0.6 is 0 Å². The van der Waals surface area contributed by atoms with Crippen molar-refractivity contribution in [1.29, 1.82) is 0 Å². The Kier molecular flexibility index (Phi) is 1.17. The number of aryl methyl sites for hydroxylation is 1. The predicted octanol–water partition coefficient (Wildman–Crippen LogP) is -0.376. The van der Waals surface area contributed by atoms with E-state index in [9.17, 15) is 0 Å². The fraction of sp³-hybridized carbons (Fsp3) is 0.500. The van der Waals surface area contributed by atoms with E-state index in [2.05, 4.69) is 10.3 Å². The van der Waals surface area contributed by atoms with Gasteiger partial charge in [0.15, 0.2) is 5.69 Å². The third-order valence-electron chi connectivity index (χ3n) is 1.14. The maximum atomic E-state index is 4.77. The highest BCUT2D eigenvalue weighted by Crippen LogP contribution is 1.89. The number of nitrogens with one attached hydrogen (secondary N) is 1. The van der Waals surface area contributed by atoms with E-state index < -0.39 is 0 Å². The largest absolute Gasteiger partial charge is 0.529 e. The normalized spacial score (nSPS) is 9.75. The van der Waals surface area contributed by atoms with Crippen molar-refractivity contribution in [2.24, 2.45) is 0 Å². The lowest BCUT2D eigenvalue weighted by molar-refractivity contribution is -0.570. The minimum Gasteiger partial charge on any atom is -0.529 e. The lowest BCUT2D eigenvalue weighted by Crippen LogP contribution is -2.31. The van der Waals surface area contributed by atoms with Crippen molar-refractivity contribution in [3.63, 3.8) is 0 Å². The summed E-state index contributed by atoms with van der Waals surface area (Å²) in [4.78, 5) is 0. The topological polar surface area (TPSA) is 32.6 Å². The van der Waals surface area contributed by atoms with Gasteiger partial charge in [-0.05, 0) is 0 Å². The van der Waals surface area contributed by atoms with Gasteiger partial charge in [-0.1, -0.05) is 5.21 Å². The third kappa shape index (κ3) is 0.667. The van der Waals surface area contributed by atoms with Crippen LogP contribution in [0.4, 0.5) is 0 Å². The molecule has 3 nitrogen and oxygen atoms in total. The molecule has 1 N–H and O–H groups in total. The van der Waals surface area contributed by atoms with Gasteiger partial charge in [-0.15, -0.1) is 0 Å². The van der Waals surface area contributed by atoms with Crippen LogP contribution in [0.5, 0.6) is 0 Å². The van der Waals surface area contributed by atoms with Gasteiger partial charge in [-0.25, -0.2) is 0 Å². The van der Waals surface area contributed by atoms with E-state index in [1.54, 1.807) is 0 Å². The predicted molar refractivity (Wildman–Crippen MR) is 31.0 cm³/mol. The Hall–Kier alpha value is -0.640. The average molecular weight is 129 g/mol. The van der Waals surface area contributed by atoms with Crippen LogP contribution in [0.15, 0.2) is 0 Å². The summed E-state index contributed by atoms with van der Waals surface area (Å²) in [5.74, 6) is 0. The van der Waals surface area contributed by atoms with Gasteiger partial charge in [0.1, 0.15) is 0 Å². The zero-order valence-corrected chi connectivity index (χ0v) is 5.62. The number of hydrogen-bond donors (Lipinski definition) is 1. The van der Waals surface area contributed by atoms with Gasteiger partial charge in [-0.2, -0.15) is 0 Å². The van der Waals surface area contributed by atoms with Gasteiger partial charge in [-0.3, -0.25) is 4.09 Å². The highest BCUT2D eigenvalue weighted by atomic mass is 32.1. The van der Waals surface area contributed by atoms with Crippen molar-refractivity contribution in [1.82, 2.24) is 10.3 Å². The van der Waals surface area contributed by atoms with E-state index in [-0.39, 0.29) is 0 Å². The first-order chi connectivity index (χ1) is 3.72. The van der Waals surface area contributed by atoms with Gasteiger partial charge >= 0.3 is 0 Å². The van der Waals surface area contributed by atoms with Crippen molar-refractivity contribution in [3.05, 3.63) is 11.4 Å². The van der Waals surface area contributed by atoms with Gasteiger partial charge in [0.25, 0.3) is 0 Å². The molecule has 0 amide bonds. The quantitative estimate of drug-likeness (QED) is 0.383. The number of rotatable bonds is 0. The Balaban J connectivity index is 3.19. The molecule has 1 rings (SSSR count). The summed E-state index contributed by atoms with van der Waals surface area (Å²) >= 11 is 4.77. The van der Waals surface area contributed by atoms with Crippen molar-refractivity contribution < 1.29 is 4.09 Å². The average Bonchev–Trinajstić information content (AvgIpc) is 1.98. The maximum absolute atomic E-state index is 4.77. The Bertz CT molecular complexity index is 174. The van der Waals surface area contributed by atoms with E-state index in [0.717, 1.165) is 11.4 Å². The molecule has 4 heteroatoms. The van der Waals surface area contributed by atoms with E-state index in [4.69, 9.17) is 12.8 Å². The number of aromatic amines is 1. The second kappa shape index (κ2) is 1.70. The Labute approximate surface area is 53.2 Å². The molecular weight excluding hydrogens is 122 g/mol. The fourth-order valence-corrected chi connectivity index (χ4v) is 0.596. The van der Waals surface area contributed by atoms with Crippen LogP contribution in [0.1, 0.15) is 11.4 Å². The SMILES string of the molecule is Cc1n[nH][n+]([S-])c1C. The molecule has 0 unspecified atom stereocenters. The van der Waals surface area contributed by atoms with Gasteiger partial charge < -0.3 is 12.8 Å². The Morgan fingerprint density at radius 3 is 2.38 bits per heavy atom. The summed E-state index contributed by atoms with van der Waals surface area (Å²) in [5, 5.41) is 6.47. The zero-order chi connectivity index (χ0) is 6.15. The van der Waals surface area contributed by atoms with Crippen molar-refractivity contribution >= 4 is 12.8 Å². The number of H-pyrrole nitrogens is 1. The smallest absolute Gasteiger partial charge is 0.216 e. The third-order valence-corrected chi connectivity index (χ3v) is 1.49. The van der Waals surface area contributed by atoms with Gasteiger partial charge in [0.2, 0.25) is 5.69 Å². The van der Waals surface area contributed by atoms with Crippen molar-refractivity contribution in [2.75, 3.05) is 0 Å². The Morgan fingerprint density at radius 2 is 2.25 bits per heavy atom. The van der Waals surface area contributed by atoms with Crippen LogP contribution in [0.2, 0.25) is 0 Å². The van der Waals surface area contributed by atoms with Gasteiger partial charge in [0, 0.05) is 18.9 Å². The Morgan fingerprint density at radius 1 is 1.62 bits per heavy atom. The molecule has 0 spiro atoms. The molecule has 0 radical (unpaired) electrons. The first-order valence-corrected chi connectivity index (χ1v) is 2.69. The molecule has 0 aliphatic carbocycles. The number of hydrogen-bond acceptors (Lipinski definition) is 2. The molecular formula is C4H7N3S. The van der Waals surface area contributed by atoms with Crippen LogP contribution in [0.3, 0.4) is 0 Å². The lowest BCUT2D eigenvalue weighted by Gasteiger charge is -1.93. The minimum atomic E-state index is 0.958. The highest BCUT2D eigenvalue weighted by Gasteiger charge is 2.02. The molecule has 1 aromatic rings. The van der Waals surface area contributed by atoms with Crippen molar-refractivity contribution in [2.45, 2.75) is 13.8 Å². The maximum Gasteiger partial charge on any atom is 0.216 e. The summed E-state index contributed by atoms with van der Waals surface area (Å²) in [6.07, 6.45) is 0. The van der Waals surface area contributed by atoms with Crippen molar-refractivity contribution in [3.8, 4) is 0 Å². The first kappa shape index (κ1) is 5.50. The molecule has 0 atom stereocenters. The standard InChI is InChI=1S/C4H7N3S/c1-3-4(2)7(8)6-5-3/h6H,1-2H3. The van der Waals surface area contributed by atoms with Crippen LogP contribution in [0.25, 0.3) is 0 Å². The highest BCUT2D eigenvalue weighted by molar-refractivity contribution is 7.50. The van der Waals surface area contributed by atoms with Crippen LogP contribution < -0.4 is 4.09 Å². The molecule has 0 aliphatic heterocycles.